The van der Waals surface area contributed by atoms with Gasteiger partial charge in [0.25, 0.3) is 5.56 Å². The van der Waals surface area contributed by atoms with E-state index in [1.165, 1.54) is 13.1 Å². The van der Waals surface area contributed by atoms with Crippen molar-refractivity contribution in [2.24, 2.45) is 5.92 Å². The quantitative estimate of drug-likeness (QED) is 0.437. The summed E-state index contributed by atoms with van der Waals surface area (Å²) in [5.41, 5.74) is -0.787. The van der Waals surface area contributed by atoms with Crippen molar-refractivity contribution in [1.82, 2.24) is 9.55 Å². The van der Waals surface area contributed by atoms with Crippen LogP contribution in [0.25, 0.3) is 0 Å². The summed E-state index contributed by atoms with van der Waals surface area (Å²) in [4.78, 5) is 24.5. The molecule has 1 aromatic heterocycles. The van der Waals surface area contributed by atoms with Gasteiger partial charge >= 0.3 is 5.69 Å². The fourth-order valence-electron chi connectivity index (χ4n) is 1.25. The van der Waals surface area contributed by atoms with E-state index in [1.807, 2.05) is 0 Å². The Morgan fingerprint density at radius 3 is 2.56 bits per heavy atom. The zero-order chi connectivity index (χ0) is 12.3. The molecule has 0 aliphatic heterocycles. The first-order valence-corrected chi connectivity index (χ1v) is 4.73. The number of H-pyrrole nitrogens is 1. The molecule has 4 N–H and O–H groups in total. The Bertz CT molecular complexity index is 462. The Labute approximate surface area is 90.6 Å². The van der Waals surface area contributed by atoms with Gasteiger partial charge in [0, 0.05) is 18.3 Å². The number of aromatic amines is 1. The van der Waals surface area contributed by atoms with E-state index in [4.69, 9.17) is 15.3 Å². The lowest BCUT2D eigenvalue weighted by molar-refractivity contribution is -0.101. The van der Waals surface area contributed by atoms with Crippen LogP contribution in [0.5, 0.6) is 0 Å². The highest BCUT2D eigenvalue weighted by molar-refractivity contribution is 5.00. The van der Waals surface area contributed by atoms with Crippen LogP contribution < -0.4 is 11.2 Å². The molecule has 90 valence electrons. The van der Waals surface area contributed by atoms with Crippen LogP contribution in [0.2, 0.25) is 0 Å². The molecule has 0 radical (unpaired) electrons. The van der Waals surface area contributed by atoms with Crippen LogP contribution in [0.15, 0.2) is 15.8 Å². The number of rotatable bonds is 4. The molecule has 0 fully saturated rings. The van der Waals surface area contributed by atoms with Gasteiger partial charge in [0.05, 0.1) is 12.5 Å². The third-order valence-corrected chi connectivity index (χ3v) is 2.28. The number of aliphatic hydroxyl groups excluding tert-OH is 2. The average molecular weight is 230 g/mol. The van der Waals surface area contributed by atoms with Crippen LogP contribution in [0.1, 0.15) is 5.56 Å². The molecule has 0 saturated heterocycles. The molecule has 0 aliphatic rings. The van der Waals surface area contributed by atoms with Crippen molar-refractivity contribution in [2.45, 2.75) is 19.8 Å². The fraction of sp³-hybridized carbons (Fsp3) is 0.556. The van der Waals surface area contributed by atoms with Gasteiger partial charge in [0.2, 0.25) is 0 Å². The molecule has 1 atom stereocenters. The van der Waals surface area contributed by atoms with Crippen LogP contribution >= 0.6 is 0 Å². The summed E-state index contributed by atoms with van der Waals surface area (Å²) in [6.45, 7) is 0.977. The third-order valence-electron chi connectivity index (χ3n) is 2.28. The lowest BCUT2D eigenvalue weighted by atomic mass is 10.1. The highest BCUT2D eigenvalue weighted by Gasteiger charge is 2.17. The van der Waals surface area contributed by atoms with Crippen LogP contribution in [0, 0.1) is 12.8 Å². The molecule has 1 rings (SSSR count). The molecule has 0 aromatic carbocycles. The van der Waals surface area contributed by atoms with Crippen LogP contribution in [-0.2, 0) is 6.54 Å². The minimum atomic E-state index is -1.72. The third kappa shape index (κ3) is 2.78. The maximum absolute atomic E-state index is 11.3. The highest BCUT2D eigenvalue weighted by atomic mass is 16.5. The van der Waals surface area contributed by atoms with Gasteiger partial charge in [-0.05, 0) is 6.92 Å². The smallest absolute Gasteiger partial charge is 0.328 e. The Morgan fingerprint density at radius 2 is 2.06 bits per heavy atom. The van der Waals surface area contributed by atoms with Crippen LogP contribution in [0.3, 0.4) is 0 Å². The average Bonchev–Trinajstić information content (AvgIpc) is 2.21. The van der Waals surface area contributed by atoms with Crippen molar-refractivity contribution in [2.75, 3.05) is 6.61 Å². The second-order valence-corrected chi connectivity index (χ2v) is 3.58. The predicted molar refractivity (Wildman–Crippen MR) is 54.9 cm³/mol. The molecule has 0 saturated carbocycles. The molecule has 7 nitrogen and oxygen atoms in total. The Kier molecular flexibility index (Phi) is 3.99. The van der Waals surface area contributed by atoms with Crippen LogP contribution in [0.4, 0.5) is 0 Å². The summed E-state index contributed by atoms with van der Waals surface area (Å²) in [5, 5.41) is 26.7. The van der Waals surface area contributed by atoms with Gasteiger partial charge in [-0.3, -0.25) is 14.3 Å². The van der Waals surface area contributed by atoms with E-state index in [0.717, 1.165) is 4.57 Å². The maximum atomic E-state index is 11.3. The fourth-order valence-corrected chi connectivity index (χ4v) is 1.25. The van der Waals surface area contributed by atoms with Crippen molar-refractivity contribution in [3.8, 4) is 0 Å². The topological polar surface area (TPSA) is 116 Å². The maximum Gasteiger partial charge on any atom is 0.328 e. The number of aliphatic hydroxyl groups is 3. The summed E-state index contributed by atoms with van der Waals surface area (Å²) in [6.07, 6.45) is -0.407. The van der Waals surface area contributed by atoms with E-state index < -0.39 is 30.1 Å². The number of nitrogens with zero attached hydrogens (tertiary/aromatic N) is 1. The molecule has 1 aromatic rings. The minimum Gasteiger partial charge on any atom is -0.396 e. The lowest BCUT2D eigenvalue weighted by Crippen LogP contribution is -2.36. The molecule has 1 unspecified atom stereocenters. The standard InChI is InChI=1S/C9H14N2O5/c1-5-2-11(9(16)10-7(5)13)3-6(4-12)8(14)15/h2,6,8,12,14-15H,3-4H2,1H3,(H,10,13,16). The first-order chi connectivity index (χ1) is 7.45. The van der Waals surface area contributed by atoms with Crippen molar-refractivity contribution < 1.29 is 15.3 Å². The van der Waals surface area contributed by atoms with E-state index in [9.17, 15) is 9.59 Å². The number of aryl methyl sites for hydroxylation is 1. The predicted octanol–water partition coefficient (Wildman–Crippen LogP) is -2.24. The Balaban J connectivity index is 3.01. The number of hydrogen-bond donors (Lipinski definition) is 4. The second kappa shape index (κ2) is 5.06. The van der Waals surface area contributed by atoms with E-state index in [2.05, 4.69) is 4.98 Å². The number of nitrogens with one attached hydrogen (secondary N) is 1. The summed E-state index contributed by atoms with van der Waals surface area (Å²) in [5.74, 6) is -0.872. The van der Waals surface area contributed by atoms with Gasteiger partial charge < -0.3 is 15.3 Å². The molecule has 7 heteroatoms. The summed E-state index contributed by atoms with van der Waals surface area (Å²) in [6, 6.07) is 0. The van der Waals surface area contributed by atoms with Crippen molar-refractivity contribution in [1.29, 1.82) is 0 Å². The van der Waals surface area contributed by atoms with E-state index in [-0.39, 0.29) is 6.54 Å². The molecule has 0 amide bonds. The first kappa shape index (κ1) is 12.6. The summed E-state index contributed by atoms with van der Waals surface area (Å²) in [7, 11) is 0. The number of hydrogen-bond acceptors (Lipinski definition) is 5. The van der Waals surface area contributed by atoms with E-state index in [1.54, 1.807) is 0 Å². The van der Waals surface area contributed by atoms with Crippen molar-refractivity contribution in [3.63, 3.8) is 0 Å². The minimum absolute atomic E-state index is 0.0787. The zero-order valence-corrected chi connectivity index (χ0v) is 8.75. The molecule has 16 heavy (non-hydrogen) atoms. The van der Waals surface area contributed by atoms with E-state index in [0.29, 0.717) is 5.56 Å². The van der Waals surface area contributed by atoms with Gasteiger partial charge in [-0.25, -0.2) is 4.79 Å². The monoisotopic (exact) mass is 230 g/mol. The molecule has 0 bridgehead atoms. The van der Waals surface area contributed by atoms with Gasteiger partial charge in [0.1, 0.15) is 0 Å². The lowest BCUT2D eigenvalue weighted by Gasteiger charge is -2.17. The van der Waals surface area contributed by atoms with Gasteiger partial charge in [-0.1, -0.05) is 0 Å². The van der Waals surface area contributed by atoms with E-state index >= 15 is 0 Å². The van der Waals surface area contributed by atoms with Crippen molar-refractivity contribution >= 4 is 0 Å². The molecule has 0 spiro atoms. The van der Waals surface area contributed by atoms with Gasteiger partial charge in [0.15, 0.2) is 6.29 Å². The second-order valence-electron chi connectivity index (χ2n) is 3.58. The summed E-state index contributed by atoms with van der Waals surface area (Å²) < 4.78 is 1.12. The summed E-state index contributed by atoms with van der Waals surface area (Å²) >= 11 is 0. The Hall–Kier alpha value is -1.44. The zero-order valence-electron chi connectivity index (χ0n) is 8.75. The first-order valence-electron chi connectivity index (χ1n) is 4.73. The largest absolute Gasteiger partial charge is 0.396 e. The molecule has 1 heterocycles. The van der Waals surface area contributed by atoms with Gasteiger partial charge in [-0.2, -0.15) is 0 Å². The SMILES string of the molecule is Cc1cn(CC(CO)C(O)O)c(=O)[nH]c1=O. The van der Waals surface area contributed by atoms with Crippen LogP contribution in [-0.4, -0.2) is 37.8 Å². The Morgan fingerprint density at radius 1 is 1.44 bits per heavy atom. The highest BCUT2D eigenvalue weighted by Crippen LogP contribution is 2.02. The molecular weight excluding hydrogens is 216 g/mol. The van der Waals surface area contributed by atoms with Gasteiger partial charge in [-0.15, -0.1) is 0 Å². The molecule has 0 aliphatic carbocycles. The molecular formula is C9H14N2O5. The normalized spacial score (nSPS) is 13.1. The van der Waals surface area contributed by atoms with Crippen molar-refractivity contribution in [3.05, 3.63) is 32.6 Å². The number of aromatic nitrogens is 2.